The summed E-state index contributed by atoms with van der Waals surface area (Å²) in [6.45, 7) is 6.81. The number of piperidine rings is 1. The smallest absolute Gasteiger partial charge is 0.307 e. The number of carbonyl (C=O) groups is 1. The third-order valence-electron chi connectivity index (χ3n) is 4.49. The topological polar surface area (TPSA) is 41.6 Å². The molecule has 4 heteroatoms. The third kappa shape index (κ3) is 3.93. The van der Waals surface area contributed by atoms with E-state index in [2.05, 4.69) is 17.1 Å². The molecule has 0 aromatic carbocycles. The first-order chi connectivity index (χ1) is 9.22. The average molecular weight is 268 g/mol. The standard InChI is InChI=1S/C15H28N2O2/c1-3-19-15(18)11-12(2)17-10-5-4-8-14(17)13-7-6-9-16-13/h12-14,16H,3-11H2,1-2H3. The number of nitrogens with one attached hydrogen (secondary N) is 1. The van der Waals surface area contributed by atoms with E-state index in [-0.39, 0.29) is 5.97 Å². The number of likely N-dealkylation sites (tertiary alicyclic amines) is 1. The molecule has 0 aromatic heterocycles. The van der Waals surface area contributed by atoms with E-state index in [4.69, 9.17) is 4.74 Å². The Morgan fingerprint density at radius 1 is 1.37 bits per heavy atom. The molecular weight excluding hydrogens is 240 g/mol. The van der Waals surface area contributed by atoms with Gasteiger partial charge in [0.1, 0.15) is 0 Å². The Morgan fingerprint density at radius 3 is 2.89 bits per heavy atom. The van der Waals surface area contributed by atoms with E-state index >= 15 is 0 Å². The monoisotopic (exact) mass is 268 g/mol. The van der Waals surface area contributed by atoms with Crippen molar-refractivity contribution in [3.8, 4) is 0 Å². The van der Waals surface area contributed by atoms with E-state index in [9.17, 15) is 4.79 Å². The van der Waals surface area contributed by atoms with Crippen molar-refractivity contribution in [2.75, 3.05) is 19.7 Å². The lowest BCUT2D eigenvalue weighted by molar-refractivity contribution is -0.144. The molecule has 0 saturated carbocycles. The van der Waals surface area contributed by atoms with E-state index < -0.39 is 0 Å². The van der Waals surface area contributed by atoms with Crippen molar-refractivity contribution < 1.29 is 9.53 Å². The highest BCUT2D eigenvalue weighted by Crippen LogP contribution is 2.26. The highest BCUT2D eigenvalue weighted by molar-refractivity contribution is 5.70. The van der Waals surface area contributed by atoms with Gasteiger partial charge in [-0.2, -0.15) is 0 Å². The van der Waals surface area contributed by atoms with Crippen LogP contribution in [0.4, 0.5) is 0 Å². The lowest BCUT2D eigenvalue weighted by Crippen LogP contribution is -2.53. The molecule has 0 aromatic rings. The van der Waals surface area contributed by atoms with Gasteiger partial charge in [0.15, 0.2) is 0 Å². The maximum absolute atomic E-state index is 11.7. The summed E-state index contributed by atoms with van der Waals surface area (Å²) in [4.78, 5) is 14.2. The van der Waals surface area contributed by atoms with Gasteiger partial charge < -0.3 is 10.1 Å². The summed E-state index contributed by atoms with van der Waals surface area (Å²) in [7, 11) is 0. The molecule has 2 rings (SSSR count). The third-order valence-corrected chi connectivity index (χ3v) is 4.49. The predicted octanol–water partition coefficient (Wildman–Crippen LogP) is 1.93. The molecule has 3 atom stereocenters. The number of hydrogen-bond donors (Lipinski definition) is 1. The largest absolute Gasteiger partial charge is 0.466 e. The highest BCUT2D eigenvalue weighted by Gasteiger charge is 2.34. The van der Waals surface area contributed by atoms with Crippen LogP contribution in [0.15, 0.2) is 0 Å². The summed E-state index contributed by atoms with van der Waals surface area (Å²) in [5.74, 6) is -0.0568. The van der Waals surface area contributed by atoms with Crippen LogP contribution in [0.5, 0.6) is 0 Å². The van der Waals surface area contributed by atoms with Gasteiger partial charge in [-0.3, -0.25) is 9.69 Å². The van der Waals surface area contributed by atoms with Crippen LogP contribution in [-0.4, -0.2) is 48.7 Å². The summed E-state index contributed by atoms with van der Waals surface area (Å²) in [6, 6.07) is 1.54. The second-order valence-electron chi connectivity index (χ2n) is 5.86. The number of rotatable bonds is 5. The molecular formula is C15H28N2O2. The van der Waals surface area contributed by atoms with E-state index in [0.717, 1.165) is 13.1 Å². The fourth-order valence-corrected chi connectivity index (χ4v) is 3.58. The van der Waals surface area contributed by atoms with E-state index in [1.165, 1.54) is 32.1 Å². The first kappa shape index (κ1) is 14.8. The Bertz CT molecular complexity index is 290. The molecule has 3 unspecified atom stereocenters. The molecule has 110 valence electrons. The number of nitrogens with zero attached hydrogens (tertiary/aromatic N) is 1. The van der Waals surface area contributed by atoms with Gasteiger partial charge >= 0.3 is 5.97 Å². The van der Waals surface area contributed by atoms with Gasteiger partial charge in [0.2, 0.25) is 0 Å². The molecule has 0 aliphatic carbocycles. The lowest BCUT2D eigenvalue weighted by Gasteiger charge is -2.42. The fourth-order valence-electron chi connectivity index (χ4n) is 3.58. The van der Waals surface area contributed by atoms with Crippen LogP contribution in [0, 0.1) is 0 Å². The Kier molecular flexibility index (Phi) is 5.64. The van der Waals surface area contributed by atoms with E-state index in [1.807, 2.05) is 6.92 Å². The van der Waals surface area contributed by atoms with Crippen molar-refractivity contribution in [2.24, 2.45) is 0 Å². The van der Waals surface area contributed by atoms with Crippen molar-refractivity contribution >= 4 is 5.97 Å². The van der Waals surface area contributed by atoms with Crippen LogP contribution in [0.2, 0.25) is 0 Å². The molecule has 2 fully saturated rings. The second kappa shape index (κ2) is 7.25. The zero-order valence-corrected chi connectivity index (χ0v) is 12.4. The van der Waals surface area contributed by atoms with Gasteiger partial charge in [0.05, 0.1) is 13.0 Å². The second-order valence-corrected chi connectivity index (χ2v) is 5.86. The van der Waals surface area contributed by atoms with Crippen LogP contribution < -0.4 is 5.32 Å². The van der Waals surface area contributed by atoms with E-state index in [0.29, 0.717) is 31.2 Å². The van der Waals surface area contributed by atoms with Crippen LogP contribution in [-0.2, 0) is 9.53 Å². The van der Waals surface area contributed by atoms with Crippen molar-refractivity contribution in [1.29, 1.82) is 0 Å². The Hall–Kier alpha value is -0.610. The van der Waals surface area contributed by atoms with Gasteiger partial charge in [-0.25, -0.2) is 0 Å². The maximum atomic E-state index is 11.7. The molecule has 0 amide bonds. The average Bonchev–Trinajstić information content (AvgIpc) is 2.92. The molecule has 2 aliphatic rings. The van der Waals surface area contributed by atoms with Gasteiger partial charge in [-0.1, -0.05) is 6.42 Å². The Morgan fingerprint density at radius 2 is 2.21 bits per heavy atom. The minimum atomic E-state index is -0.0568. The highest BCUT2D eigenvalue weighted by atomic mass is 16.5. The number of ether oxygens (including phenoxy) is 1. The molecule has 0 bridgehead atoms. The van der Waals surface area contributed by atoms with Gasteiger partial charge in [0.25, 0.3) is 0 Å². The zero-order valence-electron chi connectivity index (χ0n) is 12.4. The van der Waals surface area contributed by atoms with Crippen LogP contribution in [0.25, 0.3) is 0 Å². The zero-order chi connectivity index (χ0) is 13.7. The van der Waals surface area contributed by atoms with Gasteiger partial charge in [-0.05, 0) is 52.6 Å². The van der Waals surface area contributed by atoms with Crippen LogP contribution >= 0.6 is 0 Å². The van der Waals surface area contributed by atoms with Gasteiger partial charge in [0, 0.05) is 18.1 Å². The van der Waals surface area contributed by atoms with Crippen LogP contribution in [0.1, 0.15) is 52.4 Å². The fraction of sp³-hybridized carbons (Fsp3) is 0.933. The van der Waals surface area contributed by atoms with Crippen molar-refractivity contribution in [3.63, 3.8) is 0 Å². The predicted molar refractivity (Wildman–Crippen MR) is 76.1 cm³/mol. The molecule has 1 N–H and O–H groups in total. The molecule has 0 radical (unpaired) electrons. The maximum Gasteiger partial charge on any atom is 0.307 e. The Balaban J connectivity index is 1.92. The first-order valence-electron chi connectivity index (χ1n) is 7.87. The summed E-state index contributed by atoms with van der Waals surface area (Å²) in [5, 5.41) is 3.63. The number of carbonyl (C=O) groups excluding carboxylic acids is 1. The van der Waals surface area contributed by atoms with Crippen molar-refractivity contribution in [1.82, 2.24) is 10.2 Å². The summed E-state index contributed by atoms with van der Waals surface area (Å²) < 4.78 is 5.08. The summed E-state index contributed by atoms with van der Waals surface area (Å²) in [5.41, 5.74) is 0. The summed E-state index contributed by atoms with van der Waals surface area (Å²) >= 11 is 0. The van der Waals surface area contributed by atoms with Crippen LogP contribution in [0.3, 0.4) is 0 Å². The SMILES string of the molecule is CCOC(=O)CC(C)N1CCCCC1C1CCCN1. The number of esters is 1. The first-order valence-corrected chi connectivity index (χ1v) is 7.87. The van der Waals surface area contributed by atoms with Crippen molar-refractivity contribution in [3.05, 3.63) is 0 Å². The normalized spacial score (nSPS) is 30.2. The van der Waals surface area contributed by atoms with E-state index in [1.54, 1.807) is 0 Å². The molecule has 2 heterocycles. The lowest BCUT2D eigenvalue weighted by atomic mass is 9.92. The van der Waals surface area contributed by atoms with Gasteiger partial charge in [-0.15, -0.1) is 0 Å². The quantitative estimate of drug-likeness (QED) is 0.774. The molecule has 2 aliphatic heterocycles. The minimum absolute atomic E-state index is 0.0568. The molecule has 2 saturated heterocycles. The molecule has 0 spiro atoms. The Labute approximate surface area is 116 Å². The molecule has 4 nitrogen and oxygen atoms in total. The molecule has 19 heavy (non-hydrogen) atoms. The number of hydrogen-bond acceptors (Lipinski definition) is 4. The van der Waals surface area contributed by atoms with Crippen molar-refractivity contribution in [2.45, 2.75) is 70.5 Å². The summed E-state index contributed by atoms with van der Waals surface area (Å²) in [6.07, 6.45) is 6.96. The minimum Gasteiger partial charge on any atom is -0.466 e.